The summed E-state index contributed by atoms with van der Waals surface area (Å²) in [5, 5.41) is 2.86. The van der Waals surface area contributed by atoms with Crippen LogP contribution in [-0.2, 0) is 4.74 Å². The zero-order valence-electron chi connectivity index (χ0n) is 17.0. The van der Waals surface area contributed by atoms with Crippen LogP contribution in [-0.4, -0.2) is 30.6 Å². The maximum atomic E-state index is 12.6. The minimum Gasteiger partial charge on any atom is -0.495 e. The number of esters is 1. The summed E-state index contributed by atoms with van der Waals surface area (Å²) in [6, 6.07) is 14.5. The van der Waals surface area contributed by atoms with Crippen molar-refractivity contribution in [3.05, 3.63) is 71.0 Å². The van der Waals surface area contributed by atoms with Gasteiger partial charge in [-0.3, -0.25) is 4.79 Å². The van der Waals surface area contributed by atoms with E-state index >= 15 is 0 Å². The molecule has 3 rings (SSSR count). The minimum absolute atomic E-state index is 0.226. The summed E-state index contributed by atoms with van der Waals surface area (Å²) in [5.41, 5.74) is 5.14. The van der Waals surface area contributed by atoms with E-state index in [0.717, 1.165) is 22.4 Å². The smallest absolute Gasteiger partial charge is 0.355 e. The molecule has 0 unspecified atom stereocenters. The third-order valence-corrected chi connectivity index (χ3v) is 4.71. The highest BCUT2D eigenvalue weighted by molar-refractivity contribution is 6.05. The van der Waals surface area contributed by atoms with Gasteiger partial charge in [0.05, 0.1) is 19.4 Å². The maximum absolute atomic E-state index is 12.6. The third-order valence-electron chi connectivity index (χ3n) is 4.71. The van der Waals surface area contributed by atoms with Crippen molar-refractivity contribution in [2.45, 2.75) is 20.8 Å². The van der Waals surface area contributed by atoms with Crippen LogP contribution in [0.25, 0.3) is 11.1 Å². The molecule has 6 nitrogen and oxygen atoms in total. The van der Waals surface area contributed by atoms with E-state index in [-0.39, 0.29) is 11.9 Å². The first-order valence-electron chi connectivity index (χ1n) is 9.37. The normalized spacial score (nSPS) is 10.5. The van der Waals surface area contributed by atoms with Gasteiger partial charge in [0.25, 0.3) is 5.91 Å². The predicted octanol–water partition coefficient (Wildman–Crippen LogP) is 4.74. The molecule has 0 radical (unpaired) electrons. The second-order valence-electron chi connectivity index (χ2n) is 6.58. The third kappa shape index (κ3) is 4.16. The number of methoxy groups -OCH3 is 1. The lowest BCUT2D eigenvalue weighted by molar-refractivity contribution is 0.0519. The highest BCUT2D eigenvalue weighted by Gasteiger charge is 2.19. The number of nitrogens with one attached hydrogen (secondary N) is 2. The number of ether oxygens (including phenoxy) is 2. The van der Waals surface area contributed by atoms with Gasteiger partial charge in [-0.15, -0.1) is 0 Å². The lowest BCUT2D eigenvalue weighted by atomic mass is 10.00. The molecule has 6 heteroatoms. The van der Waals surface area contributed by atoms with Gasteiger partial charge in [-0.25, -0.2) is 4.79 Å². The molecule has 1 aromatic heterocycles. The number of carbonyl (C=O) groups excluding carboxylic acids is 2. The molecule has 29 heavy (non-hydrogen) atoms. The van der Waals surface area contributed by atoms with E-state index in [0.29, 0.717) is 29.3 Å². The summed E-state index contributed by atoms with van der Waals surface area (Å²) in [5.74, 6) is 0.00506. The fraction of sp³-hybridized carbons (Fsp3) is 0.217. The number of amides is 1. The standard InChI is InChI=1S/C23H24N2O4/c1-5-29-23(27)21-14(2)20(15(3)24-21)16-10-12-17(13-11-16)22(26)25-18-8-6-7-9-19(18)28-4/h6-13,24H,5H2,1-4H3,(H,25,26). The number of carbonyl (C=O) groups is 2. The van der Waals surface area contributed by atoms with Crippen molar-refractivity contribution in [2.75, 3.05) is 19.0 Å². The highest BCUT2D eigenvalue weighted by Crippen LogP contribution is 2.30. The Kier molecular flexibility index (Phi) is 6.02. The van der Waals surface area contributed by atoms with Crippen LogP contribution in [0.4, 0.5) is 5.69 Å². The second-order valence-corrected chi connectivity index (χ2v) is 6.58. The molecule has 1 amide bonds. The molecular formula is C23H24N2O4. The Morgan fingerprint density at radius 1 is 1.03 bits per heavy atom. The predicted molar refractivity (Wildman–Crippen MR) is 113 cm³/mol. The molecule has 0 saturated heterocycles. The molecule has 3 aromatic rings. The Morgan fingerprint density at radius 3 is 2.38 bits per heavy atom. The van der Waals surface area contributed by atoms with Gasteiger partial charge in [-0.05, 0) is 56.2 Å². The van der Waals surface area contributed by atoms with Gasteiger partial charge in [-0.1, -0.05) is 24.3 Å². The Labute approximate surface area is 169 Å². The zero-order valence-corrected chi connectivity index (χ0v) is 17.0. The topological polar surface area (TPSA) is 80.4 Å². The average Bonchev–Trinajstić information content (AvgIpc) is 3.03. The van der Waals surface area contributed by atoms with Crippen molar-refractivity contribution in [1.29, 1.82) is 0 Å². The Bertz CT molecular complexity index is 1040. The lowest BCUT2D eigenvalue weighted by Gasteiger charge is -2.10. The van der Waals surface area contributed by atoms with Crippen molar-refractivity contribution in [2.24, 2.45) is 0 Å². The summed E-state index contributed by atoms with van der Waals surface area (Å²) >= 11 is 0. The van der Waals surface area contributed by atoms with Gasteiger partial charge < -0.3 is 19.8 Å². The molecule has 0 saturated carbocycles. The van der Waals surface area contributed by atoms with Crippen molar-refractivity contribution >= 4 is 17.6 Å². The van der Waals surface area contributed by atoms with Crippen molar-refractivity contribution in [3.63, 3.8) is 0 Å². The van der Waals surface area contributed by atoms with Crippen LogP contribution in [0, 0.1) is 13.8 Å². The number of aromatic amines is 1. The second kappa shape index (κ2) is 8.65. The van der Waals surface area contributed by atoms with E-state index in [1.165, 1.54) is 0 Å². The van der Waals surface area contributed by atoms with Crippen LogP contribution in [0.5, 0.6) is 5.75 Å². The lowest BCUT2D eigenvalue weighted by Crippen LogP contribution is -2.12. The van der Waals surface area contributed by atoms with Crippen molar-refractivity contribution in [3.8, 4) is 16.9 Å². The van der Waals surface area contributed by atoms with Gasteiger partial charge >= 0.3 is 5.97 Å². The molecule has 150 valence electrons. The average molecular weight is 392 g/mol. The first-order chi connectivity index (χ1) is 14.0. The first-order valence-corrected chi connectivity index (χ1v) is 9.37. The Hall–Kier alpha value is -3.54. The molecule has 0 bridgehead atoms. The number of aromatic nitrogens is 1. The largest absolute Gasteiger partial charge is 0.495 e. The maximum Gasteiger partial charge on any atom is 0.355 e. The van der Waals surface area contributed by atoms with E-state index in [9.17, 15) is 9.59 Å². The molecule has 2 N–H and O–H groups in total. The summed E-state index contributed by atoms with van der Waals surface area (Å²) in [7, 11) is 1.56. The number of hydrogen-bond donors (Lipinski definition) is 2. The van der Waals surface area contributed by atoms with Gasteiger partial charge in [0.15, 0.2) is 0 Å². The van der Waals surface area contributed by atoms with Gasteiger partial charge in [0.1, 0.15) is 11.4 Å². The molecule has 1 heterocycles. The molecular weight excluding hydrogens is 368 g/mol. The molecule has 0 atom stereocenters. The number of aryl methyl sites for hydroxylation is 1. The van der Waals surface area contributed by atoms with Crippen molar-refractivity contribution < 1.29 is 19.1 Å². The van der Waals surface area contributed by atoms with Crippen LogP contribution < -0.4 is 10.1 Å². The summed E-state index contributed by atoms with van der Waals surface area (Å²) in [6.45, 7) is 5.89. The first kappa shape index (κ1) is 20.2. The number of rotatable bonds is 6. The van der Waals surface area contributed by atoms with Gasteiger partial charge in [0, 0.05) is 16.8 Å². The van der Waals surface area contributed by atoms with Gasteiger partial charge in [-0.2, -0.15) is 0 Å². The molecule has 0 aliphatic carbocycles. The number of H-pyrrole nitrogens is 1. The molecule has 0 aliphatic heterocycles. The molecule has 0 fully saturated rings. The van der Waals surface area contributed by atoms with E-state index in [1.54, 1.807) is 38.3 Å². The number of hydrogen-bond acceptors (Lipinski definition) is 4. The van der Waals surface area contributed by atoms with E-state index in [1.807, 2.05) is 38.1 Å². The van der Waals surface area contributed by atoms with E-state index in [4.69, 9.17) is 9.47 Å². The quantitative estimate of drug-likeness (QED) is 0.594. The van der Waals surface area contributed by atoms with E-state index in [2.05, 4.69) is 10.3 Å². The Balaban J connectivity index is 1.84. The monoisotopic (exact) mass is 392 g/mol. The highest BCUT2D eigenvalue weighted by atomic mass is 16.5. The SMILES string of the molecule is CCOC(=O)c1[nH]c(C)c(-c2ccc(C(=O)Nc3ccccc3OC)cc2)c1C. The van der Waals surface area contributed by atoms with Crippen LogP contribution >= 0.6 is 0 Å². The van der Waals surface area contributed by atoms with Crippen LogP contribution in [0.3, 0.4) is 0 Å². The van der Waals surface area contributed by atoms with Crippen LogP contribution in [0.1, 0.15) is 39.0 Å². The number of anilines is 1. The minimum atomic E-state index is -0.368. The number of para-hydroxylation sites is 2. The number of benzene rings is 2. The van der Waals surface area contributed by atoms with Crippen molar-refractivity contribution in [1.82, 2.24) is 4.98 Å². The molecule has 0 spiro atoms. The zero-order chi connectivity index (χ0) is 21.0. The van der Waals surface area contributed by atoms with Crippen LogP contribution in [0.2, 0.25) is 0 Å². The summed E-state index contributed by atoms with van der Waals surface area (Å²) < 4.78 is 10.4. The summed E-state index contributed by atoms with van der Waals surface area (Å²) in [6.07, 6.45) is 0. The van der Waals surface area contributed by atoms with Gasteiger partial charge in [0.2, 0.25) is 0 Å². The summed E-state index contributed by atoms with van der Waals surface area (Å²) in [4.78, 5) is 27.8. The fourth-order valence-corrected chi connectivity index (χ4v) is 3.32. The van der Waals surface area contributed by atoms with Crippen LogP contribution in [0.15, 0.2) is 48.5 Å². The molecule has 0 aliphatic rings. The van der Waals surface area contributed by atoms with E-state index < -0.39 is 0 Å². The molecule has 2 aromatic carbocycles. The Morgan fingerprint density at radius 2 is 1.72 bits per heavy atom. The fourth-order valence-electron chi connectivity index (χ4n) is 3.32.